The van der Waals surface area contributed by atoms with Crippen molar-refractivity contribution < 1.29 is 9.84 Å². The average Bonchev–Trinajstić information content (AvgIpc) is 2.41. The van der Waals surface area contributed by atoms with E-state index in [2.05, 4.69) is 0 Å². The lowest BCUT2D eigenvalue weighted by atomic mass is 9.99. The molecule has 0 heterocycles. The predicted octanol–water partition coefficient (Wildman–Crippen LogP) is 4.39. The summed E-state index contributed by atoms with van der Waals surface area (Å²) < 4.78 is 5.30. The molecule has 100 valence electrons. The molecule has 2 nitrogen and oxygen atoms in total. The maximum absolute atomic E-state index is 10.4. The summed E-state index contributed by atoms with van der Waals surface area (Å²) in [6, 6.07) is 10.7. The van der Waals surface area contributed by atoms with Crippen LogP contribution in [0.2, 0.25) is 10.0 Å². The highest BCUT2D eigenvalue weighted by Crippen LogP contribution is 2.33. The van der Waals surface area contributed by atoms with Crippen molar-refractivity contribution in [2.45, 2.75) is 13.0 Å². The molecule has 0 aliphatic carbocycles. The van der Waals surface area contributed by atoms with Crippen LogP contribution in [-0.4, -0.2) is 12.2 Å². The molecule has 0 bridgehead atoms. The van der Waals surface area contributed by atoms with Gasteiger partial charge in [0.25, 0.3) is 0 Å². The molecule has 0 spiro atoms. The first-order chi connectivity index (χ1) is 9.02. The quantitative estimate of drug-likeness (QED) is 0.910. The Bertz CT molecular complexity index is 597. The number of hydrogen-bond donors (Lipinski definition) is 1. The number of rotatable bonds is 3. The summed E-state index contributed by atoms with van der Waals surface area (Å²) in [6.07, 6.45) is -0.801. The van der Waals surface area contributed by atoms with Gasteiger partial charge < -0.3 is 9.84 Å². The number of aliphatic hydroxyl groups excluding tert-OH is 1. The van der Waals surface area contributed by atoms with Crippen LogP contribution in [0.1, 0.15) is 22.8 Å². The number of hydrogen-bond acceptors (Lipinski definition) is 2. The third-order valence-corrected chi connectivity index (χ3v) is 3.68. The first-order valence-electron chi connectivity index (χ1n) is 5.80. The van der Waals surface area contributed by atoms with Crippen LogP contribution < -0.4 is 4.74 Å². The van der Waals surface area contributed by atoms with Crippen LogP contribution >= 0.6 is 23.2 Å². The number of aryl methyl sites for hydroxylation is 1. The molecule has 1 atom stereocenters. The van der Waals surface area contributed by atoms with E-state index in [-0.39, 0.29) is 0 Å². The minimum absolute atomic E-state index is 0.421. The Labute approximate surface area is 122 Å². The maximum atomic E-state index is 10.4. The zero-order chi connectivity index (χ0) is 14.0. The van der Waals surface area contributed by atoms with Gasteiger partial charge in [0.05, 0.1) is 17.2 Å². The van der Waals surface area contributed by atoms with Gasteiger partial charge in [-0.25, -0.2) is 0 Å². The maximum Gasteiger partial charge on any atom is 0.125 e. The molecule has 0 aliphatic heterocycles. The van der Waals surface area contributed by atoms with Crippen LogP contribution in [-0.2, 0) is 0 Å². The molecule has 0 saturated heterocycles. The van der Waals surface area contributed by atoms with Gasteiger partial charge in [0.15, 0.2) is 0 Å². The van der Waals surface area contributed by atoms with E-state index in [1.54, 1.807) is 25.3 Å². The van der Waals surface area contributed by atoms with E-state index in [1.165, 1.54) is 0 Å². The fourth-order valence-corrected chi connectivity index (χ4v) is 2.21. The van der Waals surface area contributed by atoms with E-state index in [4.69, 9.17) is 27.9 Å². The first-order valence-corrected chi connectivity index (χ1v) is 6.56. The molecule has 0 radical (unpaired) electrons. The second-order valence-electron chi connectivity index (χ2n) is 4.32. The van der Waals surface area contributed by atoms with Gasteiger partial charge in [0.2, 0.25) is 0 Å². The lowest BCUT2D eigenvalue weighted by Crippen LogP contribution is -2.02. The van der Waals surface area contributed by atoms with E-state index >= 15 is 0 Å². The Morgan fingerprint density at radius 2 is 1.79 bits per heavy atom. The largest absolute Gasteiger partial charge is 0.496 e. The van der Waals surface area contributed by atoms with Crippen molar-refractivity contribution in [3.8, 4) is 5.75 Å². The highest BCUT2D eigenvalue weighted by molar-refractivity contribution is 6.42. The molecule has 4 heteroatoms. The fraction of sp³-hybridized carbons (Fsp3) is 0.200. The molecule has 0 amide bonds. The van der Waals surface area contributed by atoms with Crippen molar-refractivity contribution in [2.75, 3.05) is 7.11 Å². The van der Waals surface area contributed by atoms with Crippen molar-refractivity contribution in [2.24, 2.45) is 0 Å². The number of aliphatic hydroxyl groups is 1. The van der Waals surface area contributed by atoms with Gasteiger partial charge in [-0.3, -0.25) is 0 Å². The lowest BCUT2D eigenvalue weighted by Gasteiger charge is -2.16. The van der Waals surface area contributed by atoms with Crippen molar-refractivity contribution in [1.29, 1.82) is 0 Å². The number of methoxy groups -OCH3 is 1. The van der Waals surface area contributed by atoms with Crippen LogP contribution in [0.4, 0.5) is 0 Å². The highest BCUT2D eigenvalue weighted by Gasteiger charge is 2.16. The Morgan fingerprint density at radius 3 is 2.42 bits per heavy atom. The molecule has 19 heavy (non-hydrogen) atoms. The number of ether oxygens (including phenoxy) is 1. The van der Waals surface area contributed by atoms with E-state index in [1.807, 2.05) is 25.1 Å². The molecule has 0 aromatic heterocycles. The molecule has 2 aromatic rings. The topological polar surface area (TPSA) is 29.5 Å². The monoisotopic (exact) mass is 296 g/mol. The molecule has 0 aliphatic rings. The summed E-state index contributed by atoms with van der Waals surface area (Å²) in [5.41, 5.74) is 2.45. The fourth-order valence-electron chi connectivity index (χ4n) is 1.91. The Morgan fingerprint density at radius 1 is 1.05 bits per heavy atom. The first kappa shape index (κ1) is 14.2. The molecule has 0 saturated carbocycles. The van der Waals surface area contributed by atoms with Gasteiger partial charge in [0.1, 0.15) is 11.9 Å². The van der Waals surface area contributed by atoms with E-state index in [0.29, 0.717) is 26.9 Å². The Hall–Kier alpha value is -1.22. The van der Waals surface area contributed by atoms with Crippen molar-refractivity contribution in [3.63, 3.8) is 0 Å². The van der Waals surface area contributed by atoms with E-state index < -0.39 is 6.10 Å². The molecular formula is C15H14Cl2O2. The summed E-state index contributed by atoms with van der Waals surface area (Å²) in [4.78, 5) is 0. The molecule has 1 unspecified atom stereocenters. The standard InChI is InChI=1S/C15H14Cl2O2/c1-9-3-5-11(14(7-9)19-2)15(18)10-4-6-12(16)13(17)8-10/h3-8,15,18H,1-2H3. The van der Waals surface area contributed by atoms with Gasteiger partial charge in [-0.1, -0.05) is 41.4 Å². The van der Waals surface area contributed by atoms with E-state index in [0.717, 1.165) is 5.56 Å². The van der Waals surface area contributed by atoms with Crippen LogP contribution in [0.15, 0.2) is 36.4 Å². The van der Waals surface area contributed by atoms with Crippen LogP contribution in [0.5, 0.6) is 5.75 Å². The molecule has 1 N–H and O–H groups in total. The van der Waals surface area contributed by atoms with Crippen LogP contribution in [0.25, 0.3) is 0 Å². The zero-order valence-electron chi connectivity index (χ0n) is 10.7. The zero-order valence-corrected chi connectivity index (χ0v) is 12.2. The second kappa shape index (κ2) is 5.83. The number of benzene rings is 2. The summed E-state index contributed by atoms with van der Waals surface area (Å²) in [5.74, 6) is 0.651. The predicted molar refractivity (Wildman–Crippen MR) is 78.3 cm³/mol. The van der Waals surface area contributed by atoms with E-state index in [9.17, 15) is 5.11 Å². The summed E-state index contributed by atoms with van der Waals surface area (Å²) in [7, 11) is 1.58. The van der Waals surface area contributed by atoms with Crippen LogP contribution in [0.3, 0.4) is 0 Å². The summed E-state index contributed by atoms with van der Waals surface area (Å²) in [5, 5.41) is 11.3. The average molecular weight is 297 g/mol. The van der Waals surface area contributed by atoms with Crippen LogP contribution in [0, 0.1) is 6.92 Å². The van der Waals surface area contributed by atoms with Gasteiger partial charge in [0, 0.05) is 5.56 Å². The van der Waals surface area contributed by atoms with Gasteiger partial charge >= 0.3 is 0 Å². The van der Waals surface area contributed by atoms with Crippen molar-refractivity contribution in [3.05, 3.63) is 63.1 Å². The van der Waals surface area contributed by atoms with Gasteiger partial charge in [-0.05, 0) is 36.2 Å². The van der Waals surface area contributed by atoms with Gasteiger partial charge in [-0.2, -0.15) is 0 Å². The van der Waals surface area contributed by atoms with Gasteiger partial charge in [-0.15, -0.1) is 0 Å². The lowest BCUT2D eigenvalue weighted by molar-refractivity contribution is 0.214. The minimum atomic E-state index is -0.801. The smallest absolute Gasteiger partial charge is 0.125 e. The Kier molecular flexibility index (Phi) is 4.35. The molecule has 2 rings (SSSR count). The minimum Gasteiger partial charge on any atom is -0.496 e. The summed E-state index contributed by atoms with van der Waals surface area (Å²) in [6.45, 7) is 1.97. The Balaban J connectivity index is 2.43. The molecular weight excluding hydrogens is 283 g/mol. The third-order valence-electron chi connectivity index (χ3n) is 2.94. The van der Waals surface area contributed by atoms with Crippen molar-refractivity contribution in [1.82, 2.24) is 0 Å². The SMILES string of the molecule is COc1cc(C)ccc1C(O)c1ccc(Cl)c(Cl)c1. The summed E-state index contributed by atoms with van der Waals surface area (Å²) >= 11 is 11.8. The van der Waals surface area contributed by atoms with Crippen molar-refractivity contribution >= 4 is 23.2 Å². The normalized spacial score (nSPS) is 12.3. The molecule has 2 aromatic carbocycles. The third kappa shape index (κ3) is 3.03. The molecule has 0 fully saturated rings. The highest BCUT2D eigenvalue weighted by atomic mass is 35.5. The number of halogens is 2. The second-order valence-corrected chi connectivity index (χ2v) is 5.14.